The van der Waals surface area contributed by atoms with Gasteiger partial charge in [-0.05, 0) is 11.4 Å². The number of aryl methyl sites for hydroxylation is 1. The number of thiophene rings is 1. The van der Waals surface area contributed by atoms with Crippen molar-refractivity contribution in [2.75, 3.05) is 7.11 Å². The maximum Gasteiger partial charge on any atom is 0.244 e. The second-order valence-electron chi connectivity index (χ2n) is 3.22. The molecule has 0 atom stereocenters. The van der Waals surface area contributed by atoms with E-state index in [1.165, 1.54) is 18.4 Å². The molecule has 0 saturated heterocycles. The molecule has 0 bridgehead atoms. The lowest BCUT2D eigenvalue weighted by atomic mass is 10.3. The molecule has 0 aliphatic carbocycles. The van der Waals surface area contributed by atoms with Crippen LogP contribution in [0.25, 0.3) is 10.7 Å². The quantitative estimate of drug-likeness (QED) is 0.815. The zero-order chi connectivity index (χ0) is 12.1. The van der Waals surface area contributed by atoms with Crippen molar-refractivity contribution < 1.29 is 14.2 Å². The van der Waals surface area contributed by atoms with Crippen molar-refractivity contribution in [3.8, 4) is 10.7 Å². The van der Waals surface area contributed by atoms with Gasteiger partial charge in [0.05, 0.1) is 12.0 Å². The first-order valence-electron chi connectivity index (χ1n) is 4.98. The van der Waals surface area contributed by atoms with Gasteiger partial charge in [-0.2, -0.15) is 4.98 Å². The molecule has 0 aliphatic heterocycles. The van der Waals surface area contributed by atoms with Gasteiger partial charge < -0.3 is 4.52 Å². The Balaban J connectivity index is 1.93. The Kier molecular flexibility index (Phi) is 3.84. The highest BCUT2D eigenvalue weighted by Crippen LogP contribution is 2.21. The van der Waals surface area contributed by atoms with E-state index in [1.54, 1.807) is 0 Å². The molecule has 7 heteroatoms. The van der Waals surface area contributed by atoms with Gasteiger partial charge in [0, 0.05) is 12.8 Å². The summed E-state index contributed by atoms with van der Waals surface area (Å²) in [6.07, 6.45) is 0.646. The number of rotatable bonds is 5. The summed E-state index contributed by atoms with van der Waals surface area (Å²) in [5, 5.41) is 5.79. The standard InChI is InChI=1S/C10H11N3O3S/c1-15-12-8(14)4-5-9-11-10(13-16-9)7-3-2-6-17-7/h2-3,6H,4-5H2,1H3,(H,12,14). The highest BCUT2D eigenvalue weighted by Gasteiger charge is 2.10. The Hall–Kier alpha value is -1.73. The summed E-state index contributed by atoms with van der Waals surface area (Å²) in [6, 6.07) is 3.83. The largest absolute Gasteiger partial charge is 0.339 e. The maximum atomic E-state index is 11.1. The Morgan fingerprint density at radius 2 is 2.53 bits per heavy atom. The first kappa shape index (κ1) is 11.7. The van der Waals surface area contributed by atoms with Crippen molar-refractivity contribution in [1.29, 1.82) is 0 Å². The SMILES string of the molecule is CONC(=O)CCc1nc(-c2cccs2)no1. The zero-order valence-corrected chi connectivity index (χ0v) is 9.99. The molecule has 0 unspecified atom stereocenters. The van der Waals surface area contributed by atoms with Crippen LogP contribution >= 0.6 is 11.3 Å². The Labute approximate surface area is 102 Å². The number of amides is 1. The second kappa shape index (κ2) is 5.55. The molecule has 2 aromatic rings. The minimum absolute atomic E-state index is 0.219. The van der Waals surface area contributed by atoms with Gasteiger partial charge in [-0.25, -0.2) is 5.48 Å². The van der Waals surface area contributed by atoms with Crippen LogP contribution in [0.15, 0.2) is 22.0 Å². The van der Waals surface area contributed by atoms with Crippen molar-refractivity contribution in [2.24, 2.45) is 0 Å². The first-order chi connectivity index (χ1) is 8.29. The monoisotopic (exact) mass is 253 g/mol. The lowest BCUT2D eigenvalue weighted by Gasteiger charge is -1.98. The van der Waals surface area contributed by atoms with E-state index in [0.29, 0.717) is 18.1 Å². The highest BCUT2D eigenvalue weighted by molar-refractivity contribution is 7.13. The van der Waals surface area contributed by atoms with E-state index in [9.17, 15) is 4.79 Å². The van der Waals surface area contributed by atoms with Crippen LogP contribution in [0.5, 0.6) is 0 Å². The Bertz CT molecular complexity index is 481. The number of carbonyl (C=O) groups is 1. The van der Waals surface area contributed by atoms with Crippen LogP contribution in [0.3, 0.4) is 0 Å². The molecule has 6 nitrogen and oxygen atoms in total. The predicted molar refractivity (Wildman–Crippen MR) is 61.1 cm³/mol. The van der Waals surface area contributed by atoms with Crippen LogP contribution in [0.2, 0.25) is 0 Å². The maximum absolute atomic E-state index is 11.1. The van der Waals surface area contributed by atoms with Gasteiger partial charge in [0.15, 0.2) is 0 Å². The van der Waals surface area contributed by atoms with Crippen molar-refractivity contribution in [1.82, 2.24) is 15.6 Å². The van der Waals surface area contributed by atoms with E-state index in [2.05, 4.69) is 20.5 Å². The van der Waals surface area contributed by atoms with Crippen LogP contribution in [0.4, 0.5) is 0 Å². The summed E-state index contributed by atoms with van der Waals surface area (Å²) in [6.45, 7) is 0. The van der Waals surface area contributed by atoms with Crippen molar-refractivity contribution in [2.45, 2.75) is 12.8 Å². The Morgan fingerprint density at radius 3 is 3.24 bits per heavy atom. The summed E-state index contributed by atoms with van der Waals surface area (Å²) in [4.78, 5) is 20.8. The number of hydrogen-bond donors (Lipinski definition) is 1. The number of hydrogen-bond acceptors (Lipinski definition) is 6. The van der Waals surface area contributed by atoms with Crippen LogP contribution in [-0.2, 0) is 16.1 Å². The molecule has 0 spiro atoms. The van der Waals surface area contributed by atoms with E-state index in [0.717, 1.165) is 4.88 Å². The highest BCUT2D eigenvalue weighted by atomic mass is 32.1. The van der Waals surface area contributed by atoms with Gasteiger partial charge in [-0.1, -0.05) is 11.2 Å². The van der Waals surface area contributed by atoms with Crippen LogP contribution < -0.4 is 5.48 Å². The van der Waals surface area contributed by atoms with Gasteiger partial charge >= 0.3 is 0 Å². The zero-order valence-electron chi connectivity index (χ0n) is 9.17. The normalized spacial score (nSPS) is 10.4. The van der Waals surface area contributed by atoms with E-state index in [-0.39, 0.29) is 12.3 Å². The molecule has 0 aromatic carbocycles. The molecule has 0 saturated carbocycles. The average molecular weight is 253 g/mol. The molecule has 2 rings (SSSR count). The molecule has 0 radical (unpaired) electrons. The predicted octanol–water partition coefficient (Wildman–Crippen LogP) is 1.41. The third-order valence-electron chi connectivity index (χ3n) is 1.99. The van der Waals surface area contributed by atoms with Crippen molar-refractivity contribution >= 4 is 17.2 Å². The minimum atomic E-state index is -0.219. The molecular weight excluding hydrogens is 242 g/mol. The second-order valence-corrected chi connectivity index (χ2v) is 4.17. The number of nitrogens with zero attached hydrogens (tertiary/aromatic N) is 2. The van der Waals surface area contributed by atoms with Gasteiger partial charge in [0.2, 0.25) is 17.6 Å². The summed E-state index contributed by atoms with van der Waals surface area (Å²) >= 11 is 1.54. The summed E-state index contributed by atoms with van der Waals surface area (Å²) in [7, 11) is 1.39. The molecule has 0 aliphatic rings. The van der Waals surface area contributed by atoms with Crippen molar-refractivity contribution in [3.63, 3.8) is 0 Å². The molecule has 1 N–H and O–H groups in total. The lowest BCUT2D eigenvalue weighted by molar-refractivity contribution is -0.131. The van der Waals surface area contributed by atoms with Crippen molar-refractivity contribution in [3.05, 3.63) is 23.4 Å². The number of carbonyl (C=O) groups excluding carboxylic acids is 1. The Morgan fingerprint density at radius 1 is 1.65 bits per heavy atom. The summed E-state index contributed by atoms with van der Waals surface area (Å²) in [5.41, 5.74) is 2.22. The third kappa shape index (κ3) is 3.11. The van der Waals surface area contributed by atoms with Crippen LogP contribution in [0, 0.1) is 0 Å². The first-order valence-corrected chi connectivity index (χ1v) is 5.86. The third-order valence-corrected chi connectivity index (χ3v) is 2.86. The van der Waals surface area contributed by atoms with Gasteiger partial charge in [0.1, 0.15) is 0 Å². The topological polar surface area (TPSA) is 77.2 Å². The number of nitrogens with one attached hydrogen (secondary N) is 1. The number of aromatic nitrogens is 2. The van der Waals surface area contributed by atoms with Gasteiger partial charge in [-0.15, -0.1) is 11.3 Å². The molecule has 2 heterocycles. The van der Waals surface area contributed by atoms with Gasteiger partial charge in [0.25, 0.3) is 0 Å². The molecule has 90 valence electrons. The average Bonchev–Trinajstić information content (AvgIpc) is 2.97. The molecule has 1 amide bonds. The summed E-state index contributed by atoms with van der Waals surface area (Å²) in [5.74, 6) is 0.783. The summed E-state index contributed by atoms with van der Waals surface area (Å²) < 4.78 is 5.04. The van der Waals surface area contributed by atoms with Crippen LogP contribution in [-0.4, -0.2) is 23.2 Å². The lowest BCUT2D eigenvalue weighted by Crippen LogP contribution is -2.21. The fourth-order valence-electron chi connectivity index (χ4n) is 1.25. The number of hydroxylamine groups is 1. The van der Waals surface area contributed by atoms with Crippen LogP contribution in [0.1, 0.15) is 12.3 Å². The van der Waals surface area contributed by atoms with E-state index >= 15 is 0 Å². The van der Waals surface area contributed by atoms with E-state index in [1.807, 2.05) is 17.5 Å². The van der Waals surface area contributed by atoms with Gasteiger partial charge in [-0.3, -0.25) is 9.63 Å². The molecule has 2 aromatic heterocycles. The fourth-order valence-corrected chi connectivity index (χ4v) is 1.90. The molecular formula is C10H11N3O3S. The molecule has 17 heavy (non-hydrogen) atoms. The van der Waals surface area contributed by atoms with E-state index in [4.69, 9.17) is 4.52 Å². The smallest absolute Gasteiger partial charge is 0.244 e. The fraction of sp³-hybridized carbons (Fsp3) is 0.300. The molecule has 0 fully saturated rings. The van der Waals surface area contributed by atoms with E-state index < -0.39 is 0 Å². The minimum Gasteiger partial charge on any atom is -0.339 e.